The van der Waals surface area contributed by atoms with E-state index >= 15 is 0 Å². The highest BCUT2D eigenvalue weighted by Crippen LogP contribution is 2.35. The van der Waals surface area contributed by atoms with Crippen LogP contribution in [0.3, 0.4) is 0 Å². The Morgan fingerprint density at radius 2 is 1.80 bits per heavy atom. The number of nitrogens with zero attached hydrogens (tertiary/aromatic N) is 1. The minimum absolute atomic E-state index is 0.473. The number of hydrogen-bond donors (Lipinski definition) is 0. The molecule has 1 aromatic carbocycles. The molecular weight excluding hydrogens is 314 g/mol. The molecule has 2 fully saturated rings. The molecule has 2 saturated heterocycles. The molecule has 0 aromatic heterocycles. The maximum atomic E-state index is 6.22. The van der Waals surface area contributed by atoms with Gasteiger partial charge in [0.15, 0.2) is 0 Å². The molecular formula is C17H24BrNO. The standard InChI is InChI=1S/C17H24BrNO/c1-12(13-3-5-14(18)6-4-13)11-20-17-9-15-7-8-16(10-17)19(15)2/h3-6,12,15-17H,7-11H2,1-2H3/t12-,15-,16+,17?/m1/s1. The Bertz CT molecular complexity index is 433. The zero-order chi connectivity index (χ0) is 14.1. The molecule has 2 bridgehead atoms. The molecule has 2 aliphatic rings. The van der Waals surface area contributed by atoms with Crippen LogP contribution in [0.2, 0.25) is 0 Å². The van der Waals surface area contributed by atoms with Gasteiger partial charge in [0, 0.05) is 22.5 Å². The van der Waals surface area contributed by atoms with Crippen LogP contribution < -0.4 is 0 Å². The van der Waals surface area contributed by atoms with Crippen molar-refractivity contribution in [1.82, 2.24) is 4.90 Å². The number of fused-ring (bicyclic) bond motifs is 2. The first-order valence-corrected chi connectivity index (χ1v) is 8.52. The van der Waals surface area contributed by atoms with Crippen LogP contribution in [0, 0.1) is 0 Å². The highest BCUT2D eigenvalue weighted by Gasteiger charge is 2.38. The van der Waals surface area contributed by atoms with Crippen LogP contribution in [0.4, 0.5) is 0 Å². The summed E-state index contributed by atoms with van der Waals surface area (Å²) in [6.07, 6.45) is 5.65. The number of rotatable bonds is 4. The van der Waals surface area contributed by atoms with E-state index in [0.717, 1.165) is 23.2 Å². The Hall–Kier alpha value is -0.380. The van der Waals surface area contributed by atoms with Gasteiger partial charge in [-0.05, 0) is 50.4 Å². The van der Waals surface area contributed by atoms with Gasteiger partial charge in [0.25, 0.3) is 0 Å². The van der Waals surface area contributed by atoms with Gasteiger partial charge < -0.3 is 9.64 Å². The van der Waals surface area contributed by atoms with Gasteiger partial charge in [0.05, 0.1) is 12.7 Å². The van der Waals surface area contributed by atoms with Crippen LogP contribution in [0.15, 0.2) is 28.7 Å². The summed E-state index contributed by atoms with van der Waals surface area (Å²) in [5, 5.41) is 0. The Kier molecular flexibility index (Phi) is 4.49. The predicted octanol–water partition coefficient (Wildman–Crippen LogP) is 4.19. The highest BCUT2D eigenvalue weighted by molar-refractivity contribution is 9.10. The topological polar surface area (TPSA) is 12.5 Å². The quantitative estimate of drug-likeness (QED) is 0.816. The van der Waals surface area contributed by atoms with Crippen molar-refractivity contribution in [2.45, 2.75) is 56.7 Å². The summed E-state index contributed by atoms with van der Waals surface area (Å²) in [7, 11) is 2.28. The fourth-order valence-electron chi connectivity index (χ4n) is 3.67. The second kappa shape index (κ2) is 6.17. The fourth-order valence-corrected chi connectivity index (χ4v) is 3.93. The third-order valence-electron chi connectivity index (χ3n) is 5.08. The molecule has 3 heteroatoms. The second-order valence-electron chi connectivity index (χ2n) is 6.43. The maximum Gasteiger partial charge on any atom is 0.0605 e. The van der Waals surface area contributed by atoms with Crippen molar-refractivity contribution >= 4 is 15.9 Å². The van der Waals surface area contributed by atoms with Crippen molar-refractivity contribution in [2.75, 3.05) is 13.7 Å². The molecule has 110 valence electrons. The summed E-state index contributed by atoms with van der Waals surface area (Å²) in [6, 6.07) is 10.1. The van der Waals surface area contributed by atoms with E-state index in [2.05, 4.69) is 59.1 Å². The van der Waals surface area contributed by atoms with Gasteiger partial charge in [-0.25, -0.2) is 0 Å². The third-order valence-corrected chi connectivity index (χ3v) is 5.60. The van der Waals surface area contributed by atoms with E-state index < -0.39 is 0 Å². The van der Waals surface area contributed by atoms with Crippen molar-refractivity contribution in [1.29, 1.82) is 0 Å². The average Bonchev–Trinajstić information content (AvgIpc) is 2.66. The van der Waals surface area contributed by atoms with Crippen molar-refractivity contribution in [2.24, 2.45) is 0 Å². The van der Waals surface area contributed by atoms with Gasteiger partial charge in [0.1, 0.15) is 0 Å². The fraction of sp³-hybridized carbons (Fsp3) is 0.647. The molecule has 2 nitrogen and oxygen atoms in total. The Labute approximate surface area is 130 Å². The number of benzene rings is 1. The van der Waals surface area contributed by atoms with Crippen LogP contribution in [0.25, 0.3) is 0 Å². The largest absolute Gasteiger partial charge is 0.377 e. The molecule has 0 N–H and O–H groups in total. The minimum atomic E-state index is 0.473. The number of ether oxygens (including phenoxy) is 1. The van der Waals surface area contributed by atoms with Crippen molar-refractivity contribution < 1.29 is 4.74 Å². The molecule has 1 aromatic rings. The van der Waals surface area contributed by atoms with Gasteiger partial charge in [-0.2, -0.15) is 0 Å². The van der Waals surface area contributed by atoms with Crippen LogP contribution in [-0.4, -0.2) is 36.7 Å². The maximum absolute atomic E-state index is 6.22. The molecule has 4 atom stereocenters. The summed E-state index contributed by atoms with van der Waals surface area (Å²) in [5.74, 6) is 0.473. The number of hydrogen-bond acceptors (Lipinski definition) is 2. The molecule has 0 aliphatic carbocycles. The van der Waals surface area contributed by atoms with Gasteiger partial charge in [-0.3, -0.25) is 0 Å². The first kappa shape index (κ1) is 14.6. The van der Waals surface area contributed by atoms with Gasteiger partial charge >= 0.3 is 0 Å². The lowest BCUT2D eigenvalue weighted by Crippen LogP contribution is -2.43. The molecule has 2 heterocycles. The minimum Gasteiger partial charge on any atom is -0.377 e. The van der Waals surface area contributed by atoms with E-state index in [0.29, 0.717) is 12.0 Å². The van der Waals surface area contributed by atoms with Gasteiger partial charge in [-0.15, -0.1) is 0 Å². The summed E-state index contributed by atoms with van der Waals surface area (Å²) in [4.78, 5) is 2.57. The van der Waals surface area contributed by atoms with Crippen molar-refractivity contribution in [3.8, 4) is 0 Å². The third kappa shape index (κ3) is 3.10. The zero-order valence-electron chi connectivity index (χ0n) is 12.4. The summed E-state index contributed by atoms with van der Waals surface area (Å²) >= 11 is 3.49. The van der Waals surface area contributed by atoms with Crippen LogP contribution in [-0.2, 0) is 4.74 Å². The lowest BCUT2D eigenvalue weighted by molar-refractivity contribution is -0.0165. The van der Waals surface area contributed by atoms with E-state index in [4.69, 9.17) is 4.74 Å². The summed E-state index contributed by atoms with van der Waals surface area (Å²) < 4.78 is 7.36. The Balaban J connectivity index is 1.51. The normalized spacial score (nSPS) is 31.4. The average molecular weight is 338 g/mol. The van der Waals surface area contributed by atoms with Crippen LogP contribution in [0.1, 0.15) is 44.1 Å². The Morgan fingerprint density at radius 3 is 2.40 bits per heavy atom. The van der Waals surface area contributed by atoms with Crippen molar-refractivity contribution in [3.05, 3.63) is 34.3 Å². The van der Waals surface area contributed by atoms with E-state index in [-0.39, 0.29) is 0 Å². The lowest BCUT2D eigenvalue weighted by Gasteiger charge is -2.36. The monoisotopic (exact) mass is 337 g/mol. The molecule has 0 spiro atoms. The van der Waals surface area contributed by atoms with E-state index in [1.165, 1.54) is 31.2 Å². The molecule has 3 rings (SSSR count). The number of halogens is 1. The molecule has 2 aliphatic heterocycles. The molecule has 20 heavy (non-hydrogen) atoms. The summed E-state index contributed by atoms with van der Waals surface area (Å²) in [5.41, 5.74) is 1.36. The predicted molar refractivity (Wildman–Crippen MR) is 86.1 cm³/mol. The molecule has 0 saturated carbocycles. The van der Waals surface area contributed by atoms with Gasteiger partial charge in [-0.1, -0.05) is 35.0 Å². The van der Waals surface area contributed by atoms with E-state index in [9.17, 15) is 0 Å². The first-order valence-electron chi connectivity index (χ1n) is 7.72. The molecule has 0 amide bonds. The van der Waals surface area contributed by atoms with Gasteiger partial charge in [0.2, 0.25) is 0 Å². The number of piperidine rings is 1. The lowest BCUT2D eigenvalue weighted by atomic mass is 9.99. The molecule has 0 radical (unpaired) electrons. The Morgan fingerprint density at radius 1 is 1.20 bits per heavy atom. The van der Waals surface area contributed by atoms with Crippen molar-refractivity contribution in [3.63, 3.8) is 0 Å². The smallest absolute Gasteiger partial charge is 0.0605 e. The zero-order valence-corrected chi connectivity index (χ0v) is 14.0. The highest BCUT2D eigenvalue weighted by atomic mass is 79.9. The SMILES string of the molecule is C[C@H](COC1C[C@H]2CC[C@@H](C1)N2C)c1ccc(Br)cc1. The second-order valence-corrected chi connectivity index (χ2v) is 7.35. The van der Waals surface area contributed by atoms with Crippen LogP contribution >= 0.6 is 15.9 Å². The van der Waals surface area contributed by atoms with E-state index in [1.807, 2.05) is 0 Å². The van der Waals surface area contributed by atoms with Crippen LogP contribution in [0.5, 0.6) is 0 Å². The summed E-state index contributed by atoms with van der Waals surface area (Å²) in [6.45, 7) is 3.10. The molecule has 1 unspecified atom stereocenters. The first-order chi connectivity index (χ1) is 9.63. The van der Waals surface area contributed by atoms with E-state index in [1.54, 1.807) is 0 Å².